The van der Waals surface area contributed by atoms with Crippen molar-refractivity contribution in [1.29, 1.82) is 0 Å². The molecule has 0 bridgehead atoms. The molecule has 1 heterocycles. The van der Waals surface area contributed by atoms with Gasteiger partial charge in [-0.2, -0.15) is 0 Å². The number of aromatic nitrogens is 1. The van der Waals surface area contributed by atoms with Crippen LogP contribution in [0.3, 0.4) is 0 Å². The number of carbonyl (C=O) groups is 1. The van der Waals surface area contributed by atoms with Crippen LogP contribution in [-0.4, -0.2) is 23.2 Å². The Labute approximate surface area is 98.9 Å². The van der Waals surface area contributed by atoms with E-state index in [1.807, 2.05) is 30.3 Å². The molecule has 0 saturated heterocycles. The summed E-state index contributed by atoms with van der Waals surface area (Å²) in [6, 6.07) is 11.2. The fourth-order valence-corrected chi connectivity index (χ4v) is 1.61. The summed E-state index contributed by atoms with van der Waals surface area (Å²) in [5, 5.41) is 10.8. The van der Waals surface area contributed by atoms with Crippen LogP contribution in [0.1, 0.15) is 18.2 Å². The van der Waals surface area contributed by atoms with Gasteiger partial charge in [-0.1, -0.05) is 24.3 Å². The van der Waals surface area contributed by atoms with Crippen molar-refractivity contribution in [3.8, 4) is 0 Å². The van der Waals surface area contributed by atoms with Gasteiger partial charge < -0.3 is 9.84 Å². The number of hydrogen-bond acceptors (Lipinski definition) is 4. The van der Waals surface area contributed by atoms with Crippen molar-refractivity contribution in [1.82, 2.24) is 4.98 Å². The number of para-hydroxylation sites is 1. The molecular weight excluding hydrogens is 218 g/mol. The molecule has 1 N–H and O–H groups in total. The molecule has 0 spiro atoms. The van der Waals surface area contributed by atoms with Gasteiger partial charge in [-0.15, -0.1) is 0 Å². The van der Waals surface area contributed by atoms with E-state index in [4.69, 9.17) is 0 Å². The Morgan fingerprint density at radius 1 is 1.35 bits per heavy atom. The highest BCUT2D eigenvalue weighted by molar-refractivity contribution is 5.78. The Kier molecular flexibility index (Phi) is 3.35. The first-order chi connectivity index (χ1) is 8.20. The molecule has 2 aromatic rings. The van der Waals surface area contributed by atoms with Crippen molar-refractivity contribution in [3.05, 3.63) is 42.1 Å². The minimum absolute atomic E-state index is 0.0815. The Morgan fingerprint density at radius 3 is 2.88 bits per heavy atom. The lowest BCUT2D eigenvalue weighted by Gasteiger charge is -2.09. The van der Waals surface area contributed by atoms with E-state index in [-0.39, 0.29) is 6.42 Å². The number of benzene rings is 1. The van der Waals surface area contributed by atoms with Crippen LogP contribution < -0.4 is 0 Å². The van der Waals surface area contributed by atoms with E-state index in [0.29, 0.717) is 5.69 Å². The predicted octanol–water partition coefficient (Wildman–Crippen LogP) is 1.83. The number of rotatable bonds is 3. The summed E-state index contributed by atoms with van der Waals surface area (Å²) < 4.78 is 4.50. The van der Waals surface area contributed by atoms with E-state index in [9.17, 15) is 9.90 Å². The molecular formula is C13H13NO3. The second-order valence-electron chi connectivity index (χ2n) is 3.72. The number of methoxy groups -OCH3 is 1. The minimum atomic E-state index is -0.924. The van der Waals surface area contributed by atoms with Gasteiger partial charge in [0.1, 0.15) is 6.10 Å². The largest absolute Gasteiger partial charge is 0.469 e. The Morgan fingerprint density at radius 2 is 2.12 bits per heavy atom. The van der Waals surface area contributed by atoms with Crippen molar-refractivity contribution in [2.75, 3.05) is 7.11 Å². The smallest absolute Gasteiger partial charge is 0.308 e. The molecule has 2 rings (SSSR count). The van der Waals surface area contributed by atoms with Crippen LogP contribution in [0.15, 0.2) is 36.4 Å². The lowest BCUT2D eigenvalue weighted by molar-refractivity contribution is -0.142. The average Bonchev–Trinajstić information content (AvgIpc) is 2.38. The summed E-state index contributed by atoms with van der Waals surface area (Å²) in [7, 11) is 1.29. The summed E-state index contributed by atoms with van der Waals surface area (Å²) in [6.07, 6.45) is -1.01. The van der Waals surface area contributed by atoms with Crippen LogP contribution in [0.25, 0.3) is 10.9 Å². The second-order valence-corrected chi connectivity index (χ2v) is 3.72. The summed E-state index contributed by atoms with van der Waals surface area (Å²) in [5.74, 6) is -0.451. The molecule has 0 radical (unpaired) electrons. The van der Waals surface area contributed by atoms with Crippen molar-refractivity contribution in [3.63, 3.8) is 0 Å². The van der Waals surface area contributed by atoms with E-state index in [2.05, 4.69) is 9.72 Å². The number of fused-ring (bicyclic) bond motifs is 1. The number of carbonyl (C=O) groups excluding carboxylic acids is 1. The maximum atomic E-state index is 11.0. The Bertz CT molecular complexity index is 539. The van der Waals surface area contributed by atoms with Gasteiger partial charge in [-0.25, -0.2) is 0 Å². The van der Waals surface area contributed by atoms with E-state index in [1.165, 1.54) is 7.11 Å². The zero-order chi connectivity index (χ0) is 12.3. The quantitative estimate of drug-likeness (QED) is 0.819. The summed E-state index contributed by atoms with van der Waals surface area (Å²) >= 11 is 0. The number of aliphatic hydroxyl groups is 1. The van der Waals surface area contributed by atoms with Crippen molar-refractivity contribution in [2.24, 2.45) is 0 Å². The first-order valence-corrected chi connectivity index (χ1v) is 5.31. The fourth-order valence-electron chi connectivity index (χ4n) is 1.61. The molecule has 0 fully saturated rings. The van der Waals surface area contributed by atoms with Gasteiger partial charge in [0.2, 0.25) is 0 Å². The van der Waals surface area contributed by atoms with Crippen LogP contribution in [0.2, 0.25) is 0 Å². The molecule has 1 aromatic carbocycles. The van der Waals surface area contributed by atoms with Gasteiger partial charge in [0, 0.05) is 5.39 Å². The molecule has 4 heteroatoms. The topological polar surface area (TPSA) is 59.4 Å². The van der Waals surface area contributed by atoms with Crippen LogP contribution in [0.4, 0.5) is 0 Å². The number of pyridine rings is 1. The molecule has 17 heavy (non-hydrogen) atoms. The molecule has 0 amide bonds. The number of ether oxygens (including phenoxy) is 1. The molecule has 1 aromatic heterocycles. The molecule has 0 aliphatic carbocycles. The first kappa shape index (κ1) is 11.5. The Hall–Kier alpha value is -1.94. The van der Waals surface area contributed by atoms with Crippen LogP contribution >= 0.6 is 0 Å². The van der Waals surface area contributed by atoms with Gasteiger partial charge >= 0.3 is 5.97 Å². The molecule has 88 valence electrons. The number of aliphatic hydroxyl groups excluding tert-OH is 1. The second kappa shape index (κ2) is 4.93. The van der Waals surface area contributed by atoms with Crippen LogP contribution in [0, 0.1) is 0 Å². The highest BCUT2D eigenvalue weighted by Crippen LogP contribution is 2.19. The zero-order valence-electron chi connectivity index (χ0n) is 9.46. The van der Waals surface area contributed by atoms with E-state index < -0.39 is 12.1 Å². The summed E-state index contributed by atoms with van der Waals surface area (Å²) in [6.45, 7) is 0. The van der Waals surface area contributed by atoms with Gasteiger partial charge in [0.15, 0.2) is 0 Å². The van der Waals surface area contributed by atoms with Crippen molar-refractivity contribution in [2.45, 2.75) is 12.5 Å². The minimum Gasteiger partial charge on any atom is -0.469 e. The van der Waals surface area contributed by atoms with Crippen LogP contribution in [0.5, 0.6) is 0 Å². The summed E-state index contributed by atoms with van der Waals surface area (Å²) in [5.41, 5.74) is 1.28. The molecule has 4 nitrogen and oxygen atoms in total. The van der Waals surface area contributed by atoms with Crippen LogP contribution in [-0.2, 0) is 9.53 Å². The van der Waals surface area contributed by atoms with E-state index >= 15 is 0 Å². The normalized spacial score (nSPS) is 12.4. The highest BCUT2D eigenvalue weighted by Gasteiger charge is 2.14. The van der Waals surface area contributed by atoms with Crippen molar-refractivity contribution < 1.29 is 14.6 Å². The van der Waals surface area contributed by atoms with Gasteiger partial charge in [0.05, 0.1) is 24.7 Å². The monoisotopic (exact) mass is 231 g/mol. The van der Waals surface area contributed by atoms with Crippen molar-refractivity contribution >= 4 is 16.9 Å². The third-order valence-corrected chi connectivity index (χ3v) is 2.55. The van der Waals surface area contributed by atoms with Gasteiger partial charge in [-0.3, -0.25) is 9.78 Å². The maximum Gasteiger partial charge on any atom is 0.308 e. The molecule has 0 aliphatic heterocycles. The molecule has 1 atom stereocenters. The molecule has 0 aliphatic rings. The van der Waals surface area contributed by atoms with Gasteiger partial charge in [0.25, 0.3) is 0 Å². The number of esters is 1. The molecule has 0 saturated carbocycles. The third kappa shape index (κ3) is 2.60. The highest BCUT2D eigenvalue weighted by atomic mass is 16.5. The lowest BCUT2D eigenvalue weighted by Crippen LogP contribution is -2.09. The third-order valence-electron chi connectivity index (χ3n) is 2.55. The number of nitrogens with zero attached hydrogens (tertiary/aromatic N) is 1. The number of hydrogen-bond donors (Lipinski definition) is 1. The van der Waals surface area contributed by atoms with E-state index in [0.717, 1.165) is 10.9 Å². The first-order valence-electron chi connectivity index (χ1n) is 5.31. The average molecular weight is 231 g/mol. The fraction of sp³-hybridized carbons (Fsp3) is 0.231. The summed E-state index contributed by atoms with van der Waals surface area (Å²) in [4.78, 5) is 15.4. The van der Waals surface area contributed by atoms with Gasteiger partial charge in [-0.05, 0) is 12.1 Å². The molecule has 1 unspecified atom stereocenters. The standard InChI is InChI=1S/C13H13NO3/c1-17-13(16)8-12(15)11-7-6-9-4-2-3-5-10(9)14-11/h2-7,12,15H,8H2,1H3. The lowest BCUT2D eigenvalue weighted by atomic mass is 10.1. The van der Waals surface area contributed by atoms with E-state index in [1.54, 1.807) is 6.07 Å². The SMILES string of the molecule is COC(=O)CC(O)c1ccc2ccccc2n1. The maximum absolute atomic E-state index is 11.0. The zero-order valence-corrected chi connectivity index (χ0v) is 9.46. The predicted molar refractivity (Wildman–Crippen MR) is 63.3 cm³/mol. The Balaban J connectivity index is 2.26.